The van der Waals surface area contributed by atoms with Crippen LogP contribution in [-0.4, -0.2) is 77.8 Å². The standard InChI is InChI=1S/C23H16ClN5O8S4/c1-37-28-14(9-5-40-22(25)26-9)18(33)27-23(6-38)20(36)29-15(19(34)35)8(4-39-21(23)29)12-3-10(30)7-2-11(31)16(32)13(24)17(7)41-12/h2-3,5-6,21,31-32H,4H2,1H3,(H2,25,26)(H,27,33)(H,34,35)/t21-,23+/m0/s1. The Bertz CT molecular complexity index is 1800. The minimum atomic E-state index is -1.78. The van der Waals surface area contributed by atoms with E-state index < -0.39 is 51.3 Å². The summed E-state index contributed by atoms with van der Waals surface area (Å²) in [6.07, 6.45) is 0. The molecule has 0 saturated carbocycles. The van der Waals surface area contributed by atoms with E-state index in [9.17, 15) is 34.5 Å². The number of halogens is 1. The highest BCUT2D eigenvalue weighted by molar-refractivity contribution is 8.00. The number of carbonyl (C=O) groups excluding carboxylic acids is 2. The molecule has 5 rings (SSSR count). The van der Waals surface area contributed by atoms with Crippen molar-refractivity contribution in [2.75, 3.05) is 18.6 Å². The molecule has 2 aromatic heterocycles. The Morgan fingerprint density at radius 1 is 1.37 bits per heavy atom. The number of anilines is 1. The Kier molecular flexibility index (Phi) is 7.41. The number of nitrogens with zero attached hydrogens (tertiary/aromatic N) is 3. The van der Waals surface area contributed by atoms with Gasteiger partial charge in [0.2, 0.25) is 0 Å². The first kappa shape index (κ1) is 28.7. The Hall–Kier alpha value is -3.77. The van der Waals surface area contributed by atoms with Crippen LogP contribution in [0.2, 0.25) is 5.02 Å². The van der Waals surface area contributed by atoms with Crippen molar-refractivity contribution in [3.63, 3.8) is 0 Å². The van der Waals surface area contributed by atoms with Crippen LogP contribution in [0.3, 0.4) is 0 Å². The third-order valence-electron chi connectivity index (χ3n) is 6.19. The van der Waals surface area contributed by atoms with E-state index in [1.54, 1.807) is 0 Å². The molecule has 212 valence electrons. The van der Waals surface area contributed by atoms with Gasteiger partial charge >= 0.3 is 5.97 Å². The lowest BCUT2D eigenvalue weighted by molar-refractivity contribution is -0.153. The molecular weight excluding hydrogens is 638 g/mol. The van der Waals surface area contributed by atoms with Crippen molar-refractivity contribution in [3.05, 3.63) is 49.0 Å². The number of rotatable bonds is 7. The third-order valence-corrected chi connectivity index (χ3v) is 10.3. The lowest BCUT2D eigenvalue weighted by Gasteiger charge is -2.55. The number of thiazole rings is 1. The number of carbonyl (C=O) groups is 3. The molecule has 2 amide bonds. The Balaban J connectivity index is 1.55. The molecular formula is C23H16ClN5O8S4. The lowest BCUT2D eigenvalue weighted by Crippen LogP contribution is -2.80. The number of benzene rings is 1. The maximum absolute atomic E-state index is 13.6. The molecule has 0 bridgehead atoms. The molecule has 2 aliphatic rings. The fourth-order valence-electron chi connectivity index (χ4n) is 4.34. The number of thioether (sulfide) groups is 1. The summed E-state index contributed by atoms with van der Waals surface area (Å²) in [5.41, 5.74) is 2.86. The van der Waals surface area contributed by atoms with Crippen LogP contribution in [0.5, 0.6) is 11.5 Å². The molecule has 6 N–H and O–H groups in total. The third kappa shape index (κ3) is 4.49. The van der Waals surface area contributed by atoms with Crippen LogP contribution in [0, 0.1) is 0 Å². The van der Waals surface area contributed by atoms with Gasteiger partial charge in [0, 0.05) is 38.4 Å². The van der Waals surface area contributed by atoms with Crippen molar-refractivity contribution in [2.45, 2.75) is 10.9 Å². The van der Waals surface area contributed by atoms with Gasteiger partial charge in [-0.1, -0.05) is 29.0 Å². The van der Waals surface area contributed by atoms with E-state index in [2.05, 4.69) is 15.5 Å². The summed E-state index contributed by atoms with van der Waals surface area (Å²) in [5.74, 6) is -4.35. The zero-order valence-corrected chi connectivity index (χ0v) is 24.4. The second-order valence-electron chi connectivity index (χ2n) is 8.52. The van der Waals surface area contributed by atoms with Crippen LogP contribution >= 0.6 is 58.3 Å². The number of aliphatic carboxylic acids is 1. The van der Waals surface area contributed by atoms with E-state index >= 15 is 0 Å². The Morgan fingerprint density at radius 2 is 2.10 bits per heavy atom. The number of phenolic OH excluding ortho intramolecular Hbond substituents is 2. The highest BCUT2D eigenvalue weighted by Crippen LogP contribution is 2.49. The van der Waals surface area contributed by atoms with E-state index in [1.807, 2.05) is 0 Å². The number of nitrogens with one attached hydrogen (secondary N) is 1. The van der Waals surface area contributed by atoms with E-state index in [4.69, 9.17) is 34.4 Å². The van der Waals surface area contributed by atoms with Gasteiger partial charge in [-0.3, -0.25) is 19.3 Å². The van der Waals surface area contributed by atoms with Crippen LogP contribution in [0.1, 0.15) is 10.6 Å². The van der Waals surface area contributed by atoms with Gasteiger partial charge in [0.05, 0.1) is 4.70 Å². The van der Waals surface area contributed by atoms with Gasteiger partial charge < -0.3 is 31.2 Å². The first-order chi connectivity index (χ1) is 19.4. The predicted octanol–water partition coefficient (Wildman–Crippen LogP) is 1.98. The summed E-state index contributed by atoms with van der Waals surface area (Å²) in [6, 6.07) is 2.23. The molecule has 2 atom stereocenters. The fraction of sp³-hybridized carbons (Fsp3) is 0.174. The highest BCUT2D eigenvalue weighted by Gasteiger charge is 2.65. The average molecular weight is 654 g/mol. The number of fused-ring (bicyclic) bond motifs is 2. The number of nitrogens with two attached hydrogens (primary N) is 1. The van der Waals surface area contributed by atoms with Crippen LogP contribution in [-0.2, 0) is 19.2 Å². The van der Waals surface area contributed by atoms with Crippen molar-refractivity contribution in [1.82, 2.24) is 15.2 Å². The van der Waals surface area contributed by atoms with Crippen molar-refractivity contribution < 1.29 is 34.5 Å². The van der Waals surface area contributed by atoms with Crippen LogP contribution in [0.25, 0.3) is 15.7 Å². The number of nitrogen functional groups attached to an aromatic ring is 1. The van der Waals surface area contributed by atoms with E-state index in [-0.39, 0.29) is 47.8 Å². The SMILES string of the molecule is CON=C(C(=O)N[C@]1(C=S)C(=O)N2C(C(=O)O)=C(c3cc(=O)c4cc(O)c(O)c(Cl)c4s3)CS[C@H]21)c1csc(N)n1. The molecule has 0 aliphatic carbocycles. The number of phenols is 2. The van der Waals surface area contributed by atoms with Gasteiger partial charge in [-0.2, -0.15) is 0 Å². The zero-order chi connectivity index (χ0) is 29.8. The summed E-state index contributed by atoms with van der Waals surface area (Å²) in [7, 11) is 1.22. The van der Waals surface area contributed by atoms with Gasteiger partial charge in [0.25, 0.3) is 11.8 Å². The number of β-lactam (4-membered cyclic amide) rings is 1. The maximum Gasteiger partial charge on any atom is 0.353 e. The molecule has 1 saturated heterocycles. The summed E-state index contributed by atoms with van der Waals surface area (Å²) < 4.78 is 0.122. The molecule has 3 aromatic rings. The lowest BCUT2D eigenvalue weighted by atomic mass is 9.87. The number of oxime groups is 1. The fourth-order valence-corrected chi connectivity index (χ4v) is 8.26. The largest absolute Gasteiger partial charge is 0.504 e. The number of amides is 2. The second kappa shape index (κ2) is 10.6. The number of carboxylic acids is 1. The van der Waals surface area contributed by atoms with Crippen LogP contribution in [0.15, 0.2) is 33.2 Å². The van der Waals surface area contributed by atoms with Gasteiger partial charge in [-0.05, 0) is 6.07 Å². The molecule has 4 heterocycles. The maximum atomic E-state index is 13.6. The van der Waals surface area contributed by atoms with Gasteiger partial charge in [-0.15, -0.1) is 34.4 Å². The zero-order valence-electron chi connectivity index (χ0n) is 20.4. The average Bonchev–Trinajstić information content (AvgIpc) is 3.38. The minimum absolute atomic E-state index is 0.00163. The quantitative estimate of drug-likeness (QED) is 0.0816. The van der Waals surface area contributed by atoms with E-state index in [0.29, 0.717) is 0 Å². The number of aromatic nitrogens is 1. The summed E-state index contributed by atoms with van der Waals surface area (Å²) in [6.45, 7) is 0. The first-order valence-corrected chi connectivity index (χ1v) is 14.8. The molecule has 0 unspecified atom stereocenters. The van der Waals surface area contributed by atoms with Crippen molar-refractivity contribution in [2.24, 2.45) is 5.16 Å². The molecule has 41 heavy (non-hydrogen) atoms. The molecule has 2 aliphatic heterocycles. The van der Waals surface area contributed by atoms with Crippen LogP contribution < -0.4 is 16.5 Å². The molecule has 0 radical (unpaired) electrons. The van der Waals surface area contributed by atoms with Crippen molar-refractivity contribution in [1.29, 1.82) is 0 Å². The van der Waals surface area contributed by atoms with Crippen molar-refractivity contribution >= 4 is 108 Å². The molecule has 18 heteroatoms. The minimum Gasteiger partial charge on any atom is -0.504 e. The molecule has 1 aromatic carbocycles. The second-order valence-corrected chi connectivity index (χ2v) is 12.1. The van der Waals surface area contributed by atoms with Crippen LogP contribution in [0.4, 0.5) is 5.13 Å². The normalized spacial score (nSPS) is 20.4. The Labute approximate surface area is 251 Å². The Morgan fingerprint density at radius 3 is 2.71 bits per heavy atom. The van der Waals surface area contributed by atoms with Gasteiger partial charge in [0.1, 0.15) is 28.9 Å². The topological polar surface area (TPSA) is 205 Å². The molecule has 1 fully saturated rings. The number of aromatic hydroxyl groups is 2. The summed E-state index contributed by atoms with van der Waals surface area (Å²) >= 11 is 14.4. The van der Waals surface area contributed by atoms with E-state index in [0.717, 1.165) is 50.8 Å². The summed E-state index contributed by atoms with van der Waals surface area (Å²) in [4.78, 5) is 62.1. The number of carboxylic acid groups (broad SMARTS) is 1. The van der Waals surface area contributed by atoms with Crippen molar-refractivity contribution in [3.8, 4) is 11.5 Å². The monoisotopic (exact) mass is 653 g/mol. The first-order valence-electron chi connectivity index (χ1n) is 11.2. The number of hydrogen-bond acceptors (Lipinski definition) is 14. The summed E-state index contributed by atoms with van der Waals surface area (Å²) in [5, 5.41) is 37.8. The van der Waals surface area contributed by atoms with Gasteiger partial charge in [-0.25, -0.2) is 9.78 Å². The van der Waals surface area contributed by atoms with E-state index in [1.165, 1.54) is 18.6 Å². The smallest absolute Gasteiger partial charge is 0.353 e. The number of thiocarbonyl (C=S) groups is 1. The number of hydrogen-bond donors (Lipinski definition) is 5. The molecule has 13 nitrogen and oxygen atoms in total. The van der Waals surface area contributed by atoms with Gasteiger partial charge in [0.15, 0.2) is 33.3 Å². The predicted molar refractivity (Wildman–Crippen MR) is 159 cm³/mol. The molecule has 0 spiro atoms. The highest BCUT2D eigenvalue weighted by atomic mass is 35.5.